The van der Waals surface area contributed by atoms with Crippen molar-refractivity contribution < 1.29 is 0 Å². The molecule has 24 heavy (non-hydrogen) atoms. The highest BCUT2D eigenvalue weighted by atomic mass is 35.5. The molecular formula is C17H13ClN6. The Labute approximate surface area is 144 Å². The molecule has 0 bridgehead atoms. The highest BCUT2D eigenvalue weighted by molar-refractivity contribution is 6.30. The number of aryl methyl sites for hydroxylation is 1. The molecule has 3 aromatic rings. The Balaban J connectivity index is 1.82. The zero-order valence-electron chi connectivity index (χ0n) is 12.8. The van der Waals surface area contributed by atoms with E-state index in [-0.39, 0.29) is 0 Å². The van der Waals surface area contributed by atoms with E-state index in [0.717, 1.165) is 11.3 Å². The molecule has 0 atom stereocenters. The van der Waals surface area contributed by atoms with Crippen LogP contribution in [0.1, 0.15) is 17.0 Å². The van der Waals surface area contributed by atoms with Gasteiger partial charge in [-0.1, -0.05) is 29.3 Å². The number of benzene rings is 2. The number of aromatic nitrogens is 4. The number of anilines is 1. The van der Waals surface area contributed by atoms with Crippen molar-refractivity contribution in [2.75, 3.05) is 5.32 Å². The Morgan fingerprint density at radius 3 is 2.75 bits per heavy atom. The van der Waals surface area contributed by atoms with Gasteiger partial charge in [0.25, 0.3) is 0 Å². The smallest absolute Gasteiger partial charge is 0.181 e. The molecule has 1 N–H and O–H groups in total. The van der Waals surface area contributed by atoms with Gasteiger partial charge in [0.05, 0.1) is 16.9 Å². The lowest BCUT2D eigenvalue weighted by atomic mass is 10.2. The van der Waals surface area contributed by atoms with Gasteiger partial charge in [0, 0.05) is 17.3 Å². The summed E-state index contributed by atoms with van der Waals surface area (Å²) in [5.74, 6) is 0.562. The Morgan fingerprint density at radius 1 is 1.21 bits per heavy atom. The average Bonchev–Trinajstić information content (AvgIpc) is 3.04. The number of nitriles is 1. The number of hydrogen-bond donors (Lipinski definition) is 1. The van der Waals surface area contributed by atoms with Crippen LogP contribution in [0, 0.1) is 18.3 Å². The van der Waals surface area contributed by atoms with Crippen molar-refractivity contribution in [2.24, 2.45) is 0 Å². The first kappa shape index (κ1) is 15.7. The van der Waals surface area contributed by atoms with Crippen molar-refractivity contribution >= 4 is 23.4 Å². The molecule has 0 unspecified atom stereocenters. The van der Waals surface area contributed by atoms with Crippen LogP contribution in [0.15, 0.2) is 48.7 Å². The van der Waals surface area contributed by atoms with Crippen LogP contribution in [-0.4, -0.2) is 20.2 Å². The number of nitrogens with zero attached hydrogens (tertiary/aromatic N) is 5. The maximum Gasteiger partial charge on any atom is 0.181 e. The molecular weight excluding hydrogens is 324 g/mol. The lowest BCUT2D eigenvalue weighted by Gasteiger charge is -2.04. The summed E-state index contributed by atoms with van der Waals surface area (Å²) in [6, 6.07) is 15.0. The van der Waals surface area contributed by atoms with Crippen LogP contribution in [-0.2, 0) is 0 Å². The molecule has 1 aromatic heterocycles. The first-order valence-corrected chi connectivity index (χ1v) is 7.53. The van der Waals surface area contributed by atoms with Crippen LogP contribution in [0.25, 0.3) is 11.8 Å². The molecule has 0 saturated heterocycles. The zero-order chi connectivity index (χ0) is 16.9. The number of nitrogens with one attached hydrogen (secondary N) is 1. The largest absolute Gasteiger partial charge is 0.360 e. The summed E-state index contributed by atoms with van der Waals surface area (Å²) in [6.45, 7) is 2.02. The van der Waals surface area contributed by atoms with Crippen molar-refractivity contribution in [3.63, 3.8) is 0 Å². The Kier molecular flexibility index (Phi) is 4.54. The Morgan fingerprint density at radius 2 is 2.00 bits per heavy atom. The van der Waals surface area contributed by atoms with Gasteiger partial charge >= 0.3 is 0 Å². The van der Waals surface area contributed by atoms with Crippen molar-refractivity contribution in [1.29, 1.82) is 5.26 Å². The summed E-state index contributed by atoms with van der Waals surface area (Å²) in [7, 11) is 0. The van der Waals surface area contributed by atoms with Crippen LogP contribution >= 0.6 is 11.6 Å². The lowest BCUT2D eigenvalue weighted by Crippen LogP contribution is -2.00. The van der Waals surface area contributed by atoms with E-state index < -0.39 is 0 Å². The summed E-state index contributed by atoms with van der Waals surface area (Å²) < 4.78 is 1.63. The molecule has 0 spiro atoms. The van der Waals surface area contributed by atoms with Crippen molar-refractivity contribution in [3.05, 3.63) is 70.6 Å². The van der Waals surface area contributed by atoms with Gasteiger partial charge < -0.3 is 5.32 Å². The Bertz CT molecular complexity index is 921. The lowest BCUT2D eigenvalue weighted by molar-refractivity contribution is 0.786. The van der Waals surface area contributed by atoms with Crippen LogP contribution in [0.4, 0.5) is 5.69 Å². The summed E-state index contributed by atoms with van der Waals surface area (Å²) >= 11 is 5.96. The van der Waals surface area contributed by atoms with Crippen LogP contribution in [0.3, 0.4) is 0 Å². The Hall–Kier alpha value is -3.17. The molecule has 0 saturated carbocycles. The molecule has 7 heteroatoms. The molecule has 3 rings (SSSR count). The minimum absolute atomic E-state index is 0.502. The average molecular weight is 337 g/mol. The van der Waals surface area contributed by atoms with Crippen LogP contribution in [0.2, 0.25) is 5.02 Å². The minimum Gasteiger partial charge on any atom is -0.360 e. The fourth-order valence-corrected chi connectivity index (χ4v) is 2.28. The summed E-state index contributed by atoms with van der Waals surface area (Å²) in [4.78, 5) is 0. The van der Waals surface area contributed by atoms with Gasteiger partial charge in [-0.2, -0.15) is 9.94 Å². The third-order valence-electron chi connectivity index (χ3n) is 3.35. The minimum atomic E-state index is 0.502. The van der Waals surface area contributed by atoms with E-state index in [1.54, 1.807) is 35.2 Å². The van der Waals surface area contributed by atoms with Gasteiger partial charge in [0.2, 0.25) is 0 Å². The summed E-state index contributed by atoms with van der Waals surface area (Å²) in [5, 5.41) is 24.4. The van der Waals surface area contributed by atoms with Gasteiger partial charge in [-0.05, 0) is 47.7 Å². The topological polar surface area (TPSA) is 79.4 Å². The van der Waals surface area contributed by atoms with Crippen molar-refractivity contribution in [3.8, 4) is 11.8 Å². The van der Waals surface area contributed by atoms with Crippen LogP contribution in [0.5, 0.6) is 0 Å². The first-order chi connectivity index (χ1) is 11.7. The van der Waals surface area contributed by atoms with Gasteiger partial charge in [0.1, 0.15) is 6.07 Å². The highest BCUT2D eigenvalue weighted by Gasteiger charge is 2.05. The summed E-state index contributed by atoms with van der Waals surface area (Å²) in [6.07, 6.45) is 3.39. The monoisotopic (exact) mass is 336 g/mol. The van der Waals surface area contributed by atoms with E-state index in [0.29, 0.717) is 22.1 Å². The number of rotatable bonds is 4. The fourth-order valence-electron chi connectivity index (χ4n) is 2.11. The predicted octanol–water partition coefficient (Wildman–Crippen LogP) is 3.58. The summed E-state index contributed by atoms with van der Waals surface area (Å²) in [5.41, 5.74) is 3.15. The van der Waals surface area contributed by atoms with E-state index in [2.05, 4.69) is 26.9 Å². The number of halogens is 1. The van der Waals surface area contributed by atoms with E-state index in [1.807, 2.05) is 31.2 Å². The zero-order valence-corrected chi connectivity index (χ0v) is 13.6. The maximum absolute atomic E-state index is 9.11. The van der Waals surface area contributed by atoms with Crippen LogP contribution < -0.4 is 5.32 Å². The molecule has 0 aliphatic rings. The normalized spacial score (nSPS) is 10.7. The van der Waals surface area contributed by atoms with Gasteiger partial charge in [-0.25, -0.2) is 0 Å². The predicted molar refractivity (Wildman–Crippen MR) is 92.7 cm³/mol. The van der Waals surface area contributed by atoms with Gasteiger partial charge in [-0.3, -0.25) is 0 Å². The molecule has 0 radical (unpaired) electrons. The second kappa shape index (κ2) is 6.94. The third-order valence-corrected chi connectivity index (χ3v) is 3.58. The quantitative estimate of drug-likeness (QED) is 0.787. The van der Waals surface area contributed by atoms with E-state index in [1.165, 1.54) is 0 Å². The molecule has 6 nitrogen and oxygen atoms in total. The van der Waals surface area contributed by atoms with E-state index >= 15 is 0 Å². The fraction of sp³-hybridized carbons (Fsp3) is 0.0588. The molecule has 0 fully saturated rings. The molecule has 118 valence electrons. The first-order valence-electron chi connectivity index (χ1n) is 7.15. The number of hydrogen-bond acceptors (Lipinski definition) is 5. The molecule has 1 heterocycles. The third kappa shape index (κ3) is 3.42. The number of tetrazole rings is 1. The second-order valence-electron chi connectivity index (χ2n) is 5.06. The van der Waals surface area contributed by atoms with E-state index in [4.69, 9.17) is 16.9 Å². The van der Waals surface area contributed by atoms with Gasteiger partial charge in [-0.15, -0.1) is 5.10 Å². The maximum atomic E-state index is 9.11. The second-order valence-corrected chi connectivity index (χ2v) is 5.50. The van der Waals surface area contributed by atoms with Crippen molar-refractivity contribution in [2.45, 2.75) is 6.92 Å². The van der Waals surface area contributed by atoms with Crippen molar-refractivity contribution in [1.82, 2.24) is 20.2 Å². The SMILES string of the molecule is Cc1ccc(-n2nnnc2/C=C\Nc2cc(Cl)ccc2C#N)cc1. The van der Waals surface area contributed by atoms with Gasteiger partial charge in [0.15, 0.2) is 5.82 Å². The highest BCUT2D eigenvalue weighted by Crippen LogP contribution is 2.20. The molecule has 0 amide bonds. The standard InChI is InChI=1S/C17H13ClN6/c1-12-2-6-15(7-3-12)24-17(21-22-23-24)8-9-20-16-10-14(18)5-4-13(16)11-19/h2-10,20H,1H3/b9-8-. The molecule has 0 aliphatic heterocycles. The van der Waals surface area contributed by atoms with E-state index in [9.17, 15) is 0 Å². The molecule has 0 aliphatic carbocycles. The molecule has 2 aromatic carbocycles.